The Kier molecular flexibility index (Phi) is 3.83. The van der Waals surface area contributed by atoms with Crippen LogP contribution in [0.5, 0.6) is 0 Å². The summed E-state index contributed by atoms with van der Waals surface area (Å²) in [6, 6.07) is 5.03. The van der Waals surface area contributed by atoms with Crippen LogP contribution in [0.25, 0.3) is 0 Å². The molecule has 2 aromatic rings. The standard InChI is InChI=1S/C11H14N4O2S2/c1-7-9(6-12)4-3-5-10(7)19(16,17)15-11-14-13-8(2)18-11/h3-5H,6,12H2,1-2H3,(H,14,15). The van der Waals surface area contributed by atoms with Crippen molar-refractivity contribution in [1.82, 2.24) is 10.2 Å². The molecule has 0 radical (unpaired) electrons. The second-order valence-corrected chi connectivity index (χ2v) is 6.81. The molecule has 3 N–H and O–H groups in total. The van der Waals surface area contributed by atoms with Gasteiger partial charge in [0.15, 0.2) is 0 Å². The summed E-state index contributed by atoms with van der Waals surface area (Å²) in [5.41, 5.74) is 7.04. The highest BCUT2D eigenvalue weighted by Crippen LogP contribution is 2.23. The first kappa shape index (κ1) is 13.9. The van der Waals surface area contributed by atoms with Crippen molar-refractivity contribution in [1.29, 1.82) is 0 Å². The van der Waals surface area contributed by atoms with Crippen LogP contribution in [0, 0.1) is 13.8 Å². The average Bonchev–Trinajstić information content (AvgIpc) is 2.74. The van der Waals surface area contributed by atoms with Gasteiger partial charge in [0.2, 0.25) is 5.13 Å². The summed E-state index contributed by atoms with van der Waals surface area (Å²) >= 11 is 1.19. The van der Waals surface area contributed by atoms with E-state index in [1.807, 2.05) is 6.07 Å². The lowest BCUT2D eigenvalue weighted by Gasteiger charge is -2.10. The summed E-state index contributed by atoms with van der Waals surface area (Å²) in [5, 5.41) is 8.48. The van der Waals surface area contributed by atoms with Gasteiger partial charge in [0.1, 0.15) is 5.01 Å². The number of hydrogen-bond acceptors (Lipinski definition) is 6. The first-order chi connectivity index (χ1) is 8.94. The van der Waals surface area contributed by atoms with Gasteiger partial charge in [-0.2, -0.15) is 0 Å². The summed E-state index contributed by atoms with van der Waals surface area (Å²) in [5.74, 6) is 0. The Hall–Kier alpha value is -1.51. The number of nitrogens with two attached hydrogens (primary N) is 1. The number of rotatable bonds is 4. The Balaban J connectivity index is 2.40. The van der Waals surface area contributed by atoms with E-state index >= 15 is 0 Å². The molecule has 1 aromatic carbocycles. The molecule has 2 rings (SSSR count). The Morgan fingerprint density at radius 1 is 1.32 bits per heavy atom. The van der Waals surface area contributed by atoms with Crippen molar-refractivity contribution in [2.75, 3.05) is 4.72 Å². The second-order valence-electron chi connectivity index (χ2n) is 3.98. The number of aryl methyl sites for hydroxylation is 1. The largest absolute Gasteiger partial charge is 0.326 e. The van der Waals surface area contributed by atoms with Gasteiger partial charge in [0.05, 0.1) is 4.90 Å². The molecule has 0 bridgehead atoms. The molecule has 0 unspecified atom stereocenters. The molecule has 0 spiro atoms. The predicted octanol–water partition coefficient (Wildman–Crippen LogP) is 1.41. The minimum Gasteiger partial charge on any atom is -0.326 e. The highest BCUT2D eigenvalue weighted by Gasteiger charge is 2.19. The van der Waals surface area contributed by atoms with Gasteiger partial charge in [0, 0.05) is 6.54 Å². The number of nitrogens with one attached hydrogen (secondary N) is 1. The molecule has 0 aliphatic carbocycles. The van der Waals surface area contributed by atoms with Crippen LogP contribution in [-0.4, -0.2) is 18.6 Å². The van der Waals surface area contributed by atoms with Crippen molar-refractivity contribution in [2.24, 2.45) is 5.73 Å². The number of sulfonamides is 1. The highest BCUT2D eigenvalue weighted by molar-refractivity contribution is 7.93. The lowest BCUT2D eigenvalue weighted by atomic mass is 10.1. The number of aromatic nitrogens is 2. The quantitative estimate of drug-likeness (QED) is 0.889. The fourth-order valence-electron chi connectivity index (χ4n) is 1.68. The lowest BCUT2D eigenvalue weighted by molar-refractivity contribution is 0.600. The van der Waals surface area contributed by atoms with Crippen molar-refractivity contribution >= 4 is 26.5 Å². The Bertz CT molecular complexity index is 694. The van der Waals surface area contributed by atoms with E-state index in [1.54, 1.807) is 26.0 Å². The summed E-state index contributed by atoms with van der Waals surface area (Å²) in [6.45, 7) is 3.80. The molecule has 0 atom stereocenters. The summed E-state index contributed by atoms with van der Waals surface area (Å²) in [7, 11) is -3.66. The third-order valence-corrected chi connectivity index (χ3v) is 5.02. The van der Waals surface area contributed by atoms with Gasteiger partial charge in [-0.25, -0.2) is 8.42 Å². The zero-order valence-electron chi connectivity index (χ0n) is 10.5. The van der Waals surface area contributed by atoms with Crippen molar-refractivity contribution < 1.29 is 8.42 Å². The maximum atomic E-state index is 12.3. The molecular weight excluding hydrogens is 284 g/mol. The van der Waals surface area contributed by atoms with E-state index in [4.69, 9.17) is 5.73 Å². The zero-order chi connectivity index (χ0) is 14.0. The molecule has 8 heteroatoms. The smallest absolute Gasteiger partial charge is 0.263 e. The number of anilines is 1. The number of hydrogen-bond donors (Lipinski definition) is 2. The van der Waals surface area contributed by atoms with Crippen LogP contribution in [0.2, 0.25) is 0 Å². The van der Waals surface area contributed by atoms with Crippen LogP contribution in [0.1, 0.15) is 16.1 Å². The third kappa shape index (κ3) is 2.91. The minimum absolute atomic E-state index is 0.211. The van der Waals surface area contributed by atoms with Crippen molar-refractivity contribution in [2.45, 2.75) is 25.3 Å². The van der Waals surface area contributed by atoms with E-state index < -0.39 is 10.0 Å². The molecule has 0 saturated heterocycles. The summed E-state index contributed by atoms with van der Waals surface area (Å²) < 4.78 is 27.0. The molecule has 19 heavy (non-hydrogen) atoms. The van der Waals surface area contributed by atoms with Gasteiger partial charge in [-0.15, -0.1) is 10.2 Å². The third-order valence-electron chi connectivity index (χ3n) is 2.65. The molecule has 0 aliphatic heterocycles. The Morgan fingerprint density at radius 2 is 2.05 bits per heavy atom. The predicted molar refractivity (Wildman–Crippen MR) is 74.5 cm³/mol. The van der Waals surface area contributed by atoms with E-state index in [9.17, 15) is 8.42 Å². The summed E-state index contributed by atoms with van der Waals surface area (Å²) in [6.07, 6.45) is 0. The van der Waals surface area contributed by atoms with Crippen LogP contribution in [0.4, 0.5) is 5.13 Å². The van der Waals surface area contributed by atoms with Crippen LogP contribution in [0.15, 0.2) is 23.1 Å². The molecule has 1 heterocycles. The van der Waals surface area contributed by atoms with Gasteiger partial charge in [0.25, 0.3) is 10.0 Å². The zero-order valence-corrected chi connectivity index (χ0v) is 12.2. The number of benzene rings is 1. The van der Waals surface area contributed by atoms with Gasteiger partial charge in [-0.05, 0) is 31.0 Å². The van der Waals surface area contributed by atoms with Crippen molar-refractivity contribution in [3.8, 4) is 0 Å². The molecule has 1 aromatic heterocycles. The fourth-order valence-corrected chi connectivity index (χ4v) is 3.79. The van der Waals surface area contributed by atoms with E-state index in [1.165, 1.54) is 11.3 Å². The van der Waals surface area contributed by atoms with Gasteiger partial charge in [-0.3, -0.25) is 4.72 Å². The number of nitrogens with zero attached hydrogens (tertiary/aromatic N) is 2. The van der Waals surface area contributed by atoms with Crippen LogP contribution in [0.3, 0.4) is 0 Å². The minimum atomic E-state index is -3.66. The molecule has 6 nitrogen and oxygen atoms in total. The van der Waals surface area contributed by atoms with Crippen LogP contribution < -0.4 is 10.5 Å². The topological polar surface area (TPSA) is 98.0 Å². The second kappa shape index (κ2) is 5.24. The van der Waals surface area contributed by atoms with Crippen LogP contribution in [-0.2, 0) is 16.6 Å². The van der Waals surface area contributed by atoms with Crippen LogP contribution >= 0.6 is 11.3 Å². The molecule has 0 saturated carbocycles. The molecule has 0 fully saturated rings. The van der Waals surface area contributed by atoms with Gasteiger partial charge in [-0.1, -0.05) is 23.5 Å². The first-order valence-electron chi connectivity index (χ1n) is 5.55. The lowest BCUT2D eigenvalue weighted by Crippen LogP contribution is -2.15. The normalized spacial score (nSPS) is 11.5. The molecule has 102 valence electrons. The molecule has 0 amide bonds. The maximum absolute atomic E-state index is 12.3. The summed E-state index contributed by atoms with van der Waals surface area (Å²) in [4.78, 5) is 0.211. The first-order valence-corrected chi connectivity index (χ1v) is 7.85. The van der Waals surface area contributed by atoms with E-state index in [-0.39, 0.29) is 10.0 Å². The van der Waals surface area contributed by atoms with E-state index in [0.29, 0.717) is 17.1 Å². The van der Waals surface area contributed by atoms with Crippen molar-refractivity contribution in [3.63, 3.8) is 0 Å². The molecule has 0 aliphatic rings. The SMILES string of the molecule is Cc1nnc(NS(=O)(=O)c2cccc(CN)c2C)s1. The molecular formula is C11H14N4O2S2. The Morgan fingerprint density at radius 3 is 2.63 bits per heavy atom. The average molecular weight is 298 g/mol. The fraction of sp³-hybridized carbons (Fsp3) is 0.273. The van der Waals surface area contributed by atoms with E-state index in [0.717, 1.165) is 5.56 Å². The Labute approximate surface area is 115 Å². The van der Waals surface area contributed by atoms with Gasteiger partial charge < -0.3 is 5.73 Å². The highest BCUT2D eigenvalue weighted by atomic mass is 32.2. The maximum Gasteiger partial charge on any atom is 0.263 e. The van der Waals surface area contributed by atoms with Gasteiger partial charge >= 0.3 is 0 Å². The monoisotopic (exact) mass is 298 g/mol. The van der Waals surface area contributed by atoms with E-state index in [2.05, 4.69) is 14.9 Å². The van der Waals surface area contributed by atoms with Crippen molar-refractivity contribution in [3.05, 3.63) is 34.3 Å².